The van der Waals surface area contributed by atoms with Crippen molar-refractivity contribution in [2.24, 2.45) is 0 Å². The first kappa shape index (κ1) is 13.8. The van der Waals surface area contributed by atoms with Gasteiger partial charge in [-0.05, 0) is 29.9 Å². The van der Waals surface area contributed by atoms with Crippen LogP contribution in [-0.4, -0.2) is 45.3 Å². The molecule has 3 atom stereocenters. The number of rotatable bonds is 3. The standard InChI is InChI=1S/C13H16N2O3S2/c1-18-10-4-2-9(3-5-10)6-15-12-8-20(16,17)7-11(12)14-13(15)19/h2-5,11-12H,6-8H2,1H3,(H-,14,16,17,19)/p+1/t11-,12-/m1/s1. The third-order valence-electron chi connectivity index (χ3n) is 3.82. The molecule has 2 saturated heterocycles. The highest BCUT2D eigenvalue weighted by molar-refractivity contribution is 7.98. The Bertz CT molecular complexity index is 575. The quantitative estimate of drug-likeness (QED) is 0.644. The summed E-state index contributed by atoms with van der Waals surface area (Å²) in [5.74, 6) is 1.39. The van der Waals surface area contributed by atoms with Crippen LogP contribution in [-0.2, 0) is 21.0 Å². The van der Waals surface area contributed by atoms with E-state index < -0.39 is 10.2 Å². The van der Waals surface area contributed by atoms with Crippen LogP contribution in [0, 0.1) is 0 Å². The van der Waals surface area contributed by atoms with Crippen LogP contribution in [0.5, 0.6) is 5.75 Å². The summed E-state index contributed by atoms with van der Waals surface area (Å²) in [6.07, 6.45) is 0. The van der Waals surface area contributed by atoms with Crippen LogP contribution in [0.4, 0.5) is 0 Å². The van der Waals surface area contributed by atoms with Crippen LogP contribution < -0.4 is 10.1 Å². The summed E-state index contributed by atoms with van der Waals surface area (Å²) in [7, 11) is -1.06. The zero-order chi connectivity index (χ0) is 14.3. The number of thiocarbonyl (C=S) groups is 1. The Morgan fingerprint density at radius 1 is 1.45 bits per heavy atom. The molecule has 108 valence electrons. The summed E-state index contributed by atoms with van der Waals surface area (Å²) < 4.78 is 26.7. The fraction of sp³-hybridized carbons (Fsp3) is 0.462. The van der Waals surface area contributed by atoms with Gasteiger partial charge in [0.1, 0.15) is 17.8 Å². The average Bonchev–Trinajstić information content (AvgIpc) is 2.84. The first-order chi connectivity index (χ1) is 9.48. The second kappa shape index (κ2) is 4.98. The molecule has 2 fully saturated rings. The summed E-state index contributed by atoms with van der Waals surface area (Å²) in [6.45, 7) is 0.645. The number of fused-ring (bicyclic) bond motifs is 1. The lowest BCUT2D eigenvalue weighted by molar-refractivity contribution is 0.347. The fourth-order valence-electron chi connectivity index (χ4n) is 2.80. The van der Waals surface area contributed by atoms with Gasteiger partial charge in [-0.25, -0.2) is 0 Å². The molecule has 1 aromatic rings. The molecule has 2 aliphatic rings. The average molecular weight is 313 g/mol. The number of methoxy groups -OCH3 is 1. The van der Waals surface area contributed by atoms with E-state index in [-0.39, 0.29) is 17.8 Å². The number of nitrogens with zero attached hydrogens (tertiary/aromatic N) is 1. The minimum absolute atomic E-state index is 0.00162. The summed E-state index contributed by atoms with van der Waals surface area (Å²) in [4.78, 5) is 2.02. The molecule has 2 heterocycles. The minimum Gasteiger partial charge on any atom is -0.497 e. The highest BCUT2D eigenvalue weighted by Crippen LogP contribution is 2.28. The smallest absolute Gasteiger partial charge is 0.218 e. The first-order valence-electron chi connectivity index (χ1n) is 6.40. The van der Waals surface area contributed by atoms with Gasteiger partial charge in [-0.15, -0.1) is 0 Å². The van der Waals surface area contributed by atoms with E-state index in [1.807, 2.05) is 29.2 Å². The highest BCUT2D eigenvalue weighted by atomic mass is 32.3. The van der Waals surface area contributed by atoms with Gasteiger partial charge in [0.05, 0.1) is 7.11 Å². The summed E-state index contributed by atoms with van der Waals surface area (Å²) in [6, 6.07) is 7.80. The molecule has 0 aliphatic carbocycles. The van der Waals surface area contributed by atoms with Crippen molar-refractivity contribution in [2.45, 2.75) is 18.6 Å². The second-order valence-corrected chi connectivity index (χ2v) is 7.80. The van der Waals surface area contributed by atoms with Gasteiger partial charge in [0.2, 0.25) is 10.2 Å². The Labute approximate surface area is 124 Å². The van der Waals surface area contributed by atoms with Crippen molar-refractivity contribution in [3.05, 3.63) is 29.8 Å². The molecule has 2 N–H and O–H groups in total. The van der Waals surface area contributed by atoms with E-state index in [0.29, 0.717) is 17.4 Å². The first-order valence-corrected chi connectivity index (χ1v) is 8.67. The number of nitrogens with one attached hydrogen (secondary N) is 1. The monoisotopic (exact) mass is 313 g/mol. The number of hydrogen-bond acceptors (Lipinski definition) is 3. The molecule has 1 unspecified atom stereocenters. The van der Waals surface area contributed by atoms with Crippen molar-refractivity contribution in [3.63, 3.8) is 0 Å². The Balaban J connectivity index is 1.75. The van der Waals surface area contributed by atoms with E-state index in [2.05, 4.69) is 5.32 Å². The van der Waals surface area contributed by atoms with Crippen molar-refractivity contribution in [1.82, 2.24) is 10.2 Å². The van der Waals surface area contributed by atoms with E-state index >= 15 is 0 Å². The lowest BCUT2D eigenvalue weighted by Crippen LogP contribution is -2.36. The maximum Gasteiger partial charge on any atom is 0.218 e. The van der Waals surface area contributed by atoms with Crippen LogP contribution in [0.3, 0.4) is 0 Å². The van der Waals surface area contributed by atoms with Gasteiger partial charge in [-0.3, -0.25) is 0 Å². The Morgan fingerprint density at radius 2 is 2.15 bits per heavy atom. The van der Waals surface area contributed by atoms with Crippen molar-refractivity contribution >= 4 is 27.5 Å². The molecule has 3 rings (SSSR count). The summed E-state index contributed by atoms with van der Waals surface area (Å²) in [5.41, 5.74) is 1.10. The zero-order valence-corrected chi connectivity index (χ0v) is 12.7. The molecule has 0 aromatic heterocycles. The van der Waals surface area contributed by atoms with Crippen LogP contribution in [0.1, 0.15) is 5.56 Å². The fourth-order valence-corrected chi connectivity index (χ4v) is 5.10. The Morgan fingerprint density at radius 3 is 2.80 bits per heavy atom. The molecule has 5 nitrogen and oxygen atoms in total. The molecule has 0 saturated carbocycles. The van der Waals surface area contributed by atoms with E-state index in [9.17, 15) is 8.76 Å². The van der Waals surface area contributed by atoms with Gasteiger partial charge in [0, 0.05) is 6.54 Å². The highest BCUT2D eigenvalue weighted by Gasteiger charge is 2.53. The summed E-state index contributed by atoms with van der Waals surface area (Å²) in [5, 5.41) is 3.83. The van der Waals surface area contributed by atoms with E-state index in [1.54, 1.807) is 7.11 Å². The molecule has 0 radical (unpaired) electrons. The maximum atomic E-state index is 11.8. The van der Waals surface area contributed by atoms with E-state index in [1.165, 1.54) is 0 Å². The van der Waals surface area contributed by atoms with Gasteiger partial charge in [-0.2, -0.15) is 4.55 Å². The Hall–Kier alpha value is -1.18. The van der Waals surface area contributed by atoms with Crippen molar-refractivity contribution < 1.29 is 13.5 Å². The predicted molar refractivity (Wildman–Crippen MR) is 82.3 cm³/mol. The molecule has 0 bridgehead atoms. The van der Waals surface area contributed by atoms with E-state index in [4.69, 9.17) is 17.0 Å². The molecule has 0 amide bonds. The Kier molecular flexibility index (Phi) is 3.43. The van der Waals surface area contributed by atoms with Crippen molar-refractivity contribution in [3.8, 4) is 5.75 Å². The molecule has 2 aliphatic heterocycles. The van der Waals surface area contributed by atoms with Gasteiger partial charge in [-0.1, -0.05) is 16.3 Å². The van der Waals surface area contributed by atoms with Crippen LogP contribution in [0.25, 0.3) is 0 Å². The third kappa shape index (κ3) is 2.53. The van der Waals surface area contributed by atoms with Crippen molar-refractivity contribution in [2.75, 3.05) is 18.6 Å². The predicted octanol–water partition coefficient (Wildman–Crippen LogP) is 1.11. The number of hydrogen-bond donors (Lipinski definition) is 2. The molecular weight excluding hydrogens is 296 g/mol. The van der Waals surface area contributed by atoms with Crippen LogP contribution in [0.15, 0.2) is 24.3 Å². The van der Waals surface area contributed by atoms with Gasteiger partial charge in [0.15, 0.2) is 16.6 Å². The number of ether oxygens (including phenoxy) is 1. The molecule has 20 heavy (non-hydrogen) atoms. The second-order valence-electron chi connectivity index (χ2n) is 5.21. The topological polar surface area (TPSA) is 61.8 Å². The molecule has 7 heteroatoms. The van der Waals surface area contributed by atoms with Crippen LogP contribution in [0.2, 0.25) is 0 Å². The lowest BCUT2D eigenvalue weighted by Gasteiger charge is -2.22. The SMILES string of the molecule is COc1ccc(CN2C(=S)N[C@@H]3C[S+](=O)(O)C[C@H]32)cc1. The largest absolute Gasteiger partial charge is 0.497 e. The molecule has 1 aromatic carbocycles. The summed E-state index contributed by atoms with van der Waals surface area (Å²) >= 11 is 5.33. The molecule has 0 spiro atoms. The minimum atomic E-state index is -2.70. The van der Waals surface area contributed by atoms with E-state index in [0.717, 1.165) is 11.3 Å². The zero-order valence-electron chi connectivity index (χ0n) is 11.1. The van der Waals surface area contributed by atoms with Crippen LogP contribution >= 0.6 is 12.2 Å². The lowest BCUT2D eigenvalue weighted by atomic mass is 10.1. The van der Waals surface area contributed by atoms with Crippen molar-refractivity contribution in [1.29, 1.82) is 0 Å². The van der Waals surface area contributed by atoms with Gasteiger partial charge < -0.3 is 15.0 Å². The maximum absolute atomic E-state index is 11.8. The third-order valence-corrected chi connectivity index (χ3v) is 5.91. The molecular formula is C13H17N2O3S2+. The number of benzene rings is 1. The normalized spacial score (nSPS) is 32.1. The van der Waals surface area contributed by atoms with Gasteiger partial charge in [0.25, 0.3) is 0 Å². The van der Waals surface area contributed by atoms with Gasteiger partial charge >= 0.3 is 0 Å².